The predicted molar refractivity (Wildman–Crippen MR) is 80.8 cm³/mol. The first kappa shape index (κ1) is 14.2. The van der Waals surface area contributed by atoms with Gasteiger partial charge >= 0.3 is 0 Å². The highest BCUT2D eigenvalue weighted by molar-refractivity contribution is 5.83. The summed E-state index contributed by atoms with van der Waals surface area (Å²) < 4.78 is 19.1. The first-order valence-electron chi connectivity index (χ1n) is 8.16. The highest BCUT2D eigenvalue weighted by Crippen LogP contribution is 2.53. The van der Waals surface area contributed by atoms with Crippen LogP contribution < -0.4 is 5.32 Å². The maximum absolute atomic E-state index is 13.3. The topological polar surface area (TPSA) is 38.3 Å². The van der Waals surface area contributed by atoms with Gasteiger partial charge in [0.05, 0.1) is 6.10 Å². The molecule has 5 atom stereocenters. The van der Waals surface area contributed by atoms with E-state index in [9.17, 15) is 9.18 Å². The second kappa shape index (κ2) is 4.79. The van der Waals surface area contributed by atoms with Gasteiger partial charge in [0, 0.05) is 29.9 Å². The molecular weight excluding hydrogens is 281 g/mol. The quantitative estimate of drug-likeness (QED) is 0.932. The number of carbonyl (C=O) groups excluding carboxylic acids is 1. The molecule has 118 valence electrons. The highest BCUT2D eigenvalue weighted by Gasteiger charge is 2.60. The molecule has 3 aliphatic rings. The van der Waals surface area contributed by atoms with Gasteiger partial charge in [-0.05, 0) is 36.5 Å². The van der Waals surface area contributed by atoms with E-state index in [1.807, 2.05) is 6.07 Å². The molecule has 4 heteroatoms. The highest BCUT2D eigenvalue weighted by atomic mass is 19.1. The van der Waals surface area contributed by atoms with Crippen LogP contribution in [0.25, 0.3) is 0 Å². The Balaban J connectivity index is 1.40. The van der Waals surface area contributed by atoms with E-state index in [0.717, 1.165) is 25.0 Å². The minimum Gasteiger partial charge on any atom is -0.377 e. The van der Waals surface area contributed by atoms with Crippen molar-refractivity contribution in [3.63, 3.8) is 0 Å². The zero-order valence-corrected chi connectivity index (χ0v) is 13.0. The molecule has 3 fully saturated rings. The molecule has 0 radical (unpaired) electrons. The van der Waals surface area contributed by atoms with Crippen LogP contribution in [0.15, 0.2) is 24.3 Å². The number of amides is 1. The third kappa shape index (κ3) is 2.08. The summed E-state index contributed by atoms with van der Waals surface area (Å²) in [5.74, 6) is 0.533. The Morgan fingerprint density at radius 2 is 2.23 bits per heavy atom. The van der Waals surface area contributed by atoms with Gasteiger partial charge in [0.25, 0.3) is 0 Å². The Bertz CT molecular complexity index is 615. The fraction of sp³-hybridized carbons (Fsp3) is 0.611. The maximum atomic E-state index is 13.3. The lowest BCUT2D eigenvalue weighted by atomic mass is 9.57. The van der Waals surface area contributed by atoms with Gasteiger partial charge in [-0.15, -0.1) is 0 Å². The molecule has 1 heterocycles. The van der Waals surface area contributed by atoms with Gasteiger partial charge in [0.2, 0.25) is 5.91 Å². The summed E-state index contributed by atoms with van der Waals surface area (Å²) in [6, 6.07) is 6.83. The van der Waals surface area contributed by atoms with E-state index in [-0.39, 0.29) is 41.1 Å². The molecule has 1 N–H and O–H groups in total. The molecule has 0 spiro atoms. The summed E-state index contributed by atoms with van der Waals surface area (Å²) in [5, 5.41) is 3.24. The fourth-order valence-corrected chi connectivity index (χ4v) is 4.47. The Morgan fingerprint density at radius 3 is 3.00 bits per heavy atom. The first-order valence-corrected chi connectivity index (χ1v) is 8.16. The van der Waals surface area contributed by atoms with Crippen molar-refractivity contribution in [3.8, 4) is 0 Å². The van der Waals surface area contributed by atoms with Crippen molar-refractivity contribution >= 4 is 5.91 Å². The molecule has 22 heavy (non-hydrogen) atoms. The standard InChI is InChI=1S/C18H22FNO2/c1-18(2)15(12-6-7-22-16(12)18)20-17(21)14-9-13(14)10-4-3-5-11(19)8-10/h3-5,8,12-16H,6-7,9H2,1-2H3,(H,20,21)/t12-,13-,14-,15-,16+/m1/s1. The smallest absolute Gasteiger partial charge is 0.223 e. The predicted octanol–water partition coefficient (Wildman–Crippen LogP) is 2.86. The van der Waals surface area contributed by atoms with Crippen LogP contribution in [0.5, 0.6) is 0 Å². The monoisotopic (exact) mass is 303 g/mol. The number of rotatable bonds is 3. The third-order valence-corrected chi connectivity index (χ3v) is 5.80. The lowest BCUT2D eigenvalue weighted by Crippen LogP contribution is -2.66. The molecule has 1 aromatic carbocycles. The second-order valence-corrected chi connectivity index (χ2v) is 7.56. The fourth-order valence-electron chi connectivity index (χ4n) is 4.47. The van der Waals surface area contributed by atoms with E-state index in [1.165, 1.54) is 6.07 Å². The SMILES string of the molecule is CC1(C)[C@H](NC(=O)[C@@H]2C[C@@H]2c2cccc(F)c2)[C@H]2CCO[C@@H]21. The normalized spacial score (nSPS) is 38.0. The van der Waals surface area contributed by atoms with Gasteiger partial charge in [0.1, 0.15) is 5.82 Å². The molecule has 4 rings (SSSR count). The van der Waals surface area contributed by atoms with Gasteiger partial charge < -0.3 is 10.1 Å². The van der Waals surface area contributed by atoms with Crippen molar-refractivity contribution in [2.45, 2.75) is 44.8 Å². The van der Waals surface area contributed by atoms with Crippen LogP contribution in [-0.4, -0.2) is 24.7 Å². The number of hydrogen-bond donors (Lipinski definition) is 1. The number of carbonyl (C=O) groups is 1. The Labute approximate surface area is 130 Å². The summed E-state index contributed by atoms with van der Waals surface area (Å²) >= 11 is 0. The van der Waals surface area contributed by atoms with E-state index in [0.29, 0.717) is 5.92 Å². The average molecular weight is 303 g/mol. The lowest BCUT2D eigenvalue weighted by molar-refractivity contribution is -0.138. The summed E-state index contributed by atoms with van der Waals surface area (Å²) in [7, 11) is 0. The summed E-state index contributed by atoms with van der Waals surface area (Å²) in [4.78, 5) is 12.5. The largest absolute Gasteiger partial charge is 0.377 e. The first-order chi connectivity index (χ1) is 10.5. The molecule has 0 aromatic heterocycles. The molecule has 2 aliphatic carbocycles. The number of benzene rings is 1. The van der Waals surface area contributed by atoms with Crippen LogP contribution in [0.4, 0.5) is 4.39 Å². The molecule has 1 saturated heterocycles. The summed E-state index contributed by atoms with van der Waals surface area (Å²) in [5.41, 5.74) is 0.954. The Kier molecular flexibility index (Phi) is 3.09. The van der Waals surface area contributed by atoms with Crippen molar-refractivity contribution < 1.29 is 13.9 Å². The van der Waals surface area contributed by atoms with Gasteiger partial charge in [-0.25, -0.2) is 4.39 Å². The van der Waals surface area contributed by atoms with Crippen LogP contribution >= 0.6 is 0 Å². The lowest BCUT2D eigenvalue weighted by Gasteiger charge is -2.54. The Hall–Kier alpha value is -1.42. The van der Waals surface area contributed by atoms with Gasteiger partial charge in [0.15, 0.2) is 0 Å². The van der Waals surface area contributed by atoms with Crippen molar-refractivity contribution in [2.75, 3.05) is 6.61 Å². The van der Waals surface area contributed by atoms with E-state index < -0.39 is 0 Å². The van der Waals surface area contributed by atoms with Crippen LogP contribution in [-0.2, 0) is 9.53 Å². The van der Waals surface area contributed by atoms with Crippen molar-refractivity contribution in [2.24, 2.45) is 17.3 Å². The van der Waals surface area contributed by atoms with Crippen molar-refractivity contribution in [3.05, 3.63) is 35.6 Å². The number of hydrogen-bond acceptors (Lipinski definition) is 2. The molecule has 0 bridgehead atoms. The summed E-state index contributed by atoms with van der Waals surface area (Å²) in [6.07, 6.45) is 2.15. The van der Waals surface area contributed by atoms with Gasteiger partial charge in [-0.3, -0.25) is 4.79 Å². The maximum Gasteiger partial charge on any atom is 0.223 e. The van der Waals surface area contributed by atoms with E-state index in [2.05, 4.69) is 19.2 Å². The molecule has 0 unspecified atom stereocenters. The molecular formula is C18H22FNO2. The molecule has 1 aromatic rings. The Morgan fingerprint density at radius 1 is 1.41 bits per heavy atom. The van der Waals surface area contributed by atoms with Gasteiger partial charge in [-0.1, -0.05) is 26.0 Å². The van der Waals surface area contributed by atoms with E-state index in [4.69, 9.17) is 4.74 Å². The zero-order chi connectivity index (χ0) is 15.5. The van der Waals surface area contributed by atoms with Crippen molar-refractivity contribution in [1.82, 2.24) is 5.32 Å². The number of ether oxygens (including phenoxy) is 1. The second-order valence-electron chi connectivity index (χ2n) is 7.56. The van der Waals surface area contributed by atoms with E-state index >= 15 is 0 Å². The molecule has 1 aliphatic heterocycles. The average Bonchev–Trinajstić information content (AvgIpc) is 3.15. The third-order valence-electron chi connectivity index (χ3n) is 5.80. The number of halogens is 1. The molecule has 3 nitrogen and oxygen atoms in total. The van der Waals surface area contributed by atoms with Crippen LogP contribution in [0.3, 0.4) is 0 Å². The van der Waals surface area contributed by atoms with Crippen LogP contribution in [0.2, 0.25) is 0 Å². The molecule has 2 saturated carbocycles. The number of fused-ring (bicyclic) bond motifs is 1. The minimum absolute atomic E-state index is 0.000952. The van der Waals surface area contributed by atoms with Gasteiger partial charge in [-0.2, -0.15) is 0 Å². The number of nitrogens with one attached hydrogen (secondary N) is 1. The van der Waals surface area contributed by atoms with Crippen molar-refractivity contribution in [1.29, 1.82) is 0 Å². The zero-order valence-electron chi connectivity index (χ0n) is 13.0. The summed E-state index contributed by atoms with van der Waals surface area (Å²) in [6.45, 7) is 5.14. The van der Waals surface area contributed by atoms with E-state index in [1.54, 1.807) is 12.1 Å². The van der Waals surface area contributed by atoms with Crippen LogP contribution in [0.1, 0.15) is 38.2 Å². The molecule has 1 amide bonds. The van der Waals surface area contributed by atoms with Crippen LogP contribution in [0, 0.1) is 23.1 Å². The minimum atomic E-state index is -0.227.